The smallest absolute Gasteiger partial charge is 0.0514 e. The van der Waals surface area contributed by atoms with Crippen LogP contribution in [0.4, 0.5) is 5.69 Å². The molecule has 96 valence electrons. The normalized spacial score (nSPS) is 10.7. The SMILES string of the molecule is Cc1cc(C)c(NCCc2ccnn2C)c(Br)c1. The summed E-state index contributed by atoms with van der Waals surface area (Å²) in [6.07, 6.45) is 2.80. The van der Waals surface area contributed by atoms with E-state index in [0.29, 0.717) is 0 Å². The number of benzene rings is 1. The molecule has 0 radical (unpaired) electrons. The average molecular weight is 308 g/mol. The lowest BCUT2D eigenvalue weighted by Crippen LogP contribution is -2.09. The second kappa shape index (κ2) is 5.57. The summed E-state index contributed by atoms with van der Waals surface area (Å²) in [6, 6.07) is 6.38. The molecule has 18 heavy (non-hydrogen) atoms. The van der Waals surface area contributed by atoms with E-state index in [0.717, 1.165) is 17.4 Å². The molecule has 0 unspecified atom stereocenters. The first kappa shape index (κ1) is 13.1. The van der Waals surface area contributed by atoms with Crippen molar-refractivity contribution >= 4 is 21.6 Å². The molecule has 4 heteroatoms. The van der Waals surface area contributed by atoms with Crippen LogP contribution in [0.25, 0.3) is 0 Å². The second-order valence-corrected chi connectivity index (χ2v) is 5.42. The van der Waals surface area contributed by atoms with Crippen LogP contribution < -0.4 is 5.32 Å². The van der Waals surface area contributed by atoms with Gasteiger partial charge in [-0.25, -0.2) is 0 Å². The average Bonchev–Trinajstić information content (AvgIpc) is 2.68. The Morgan fingerprint density at radius 2 is 2.11 bits per heavy atom. The predicted octanol–water partition coefficient (Wildman–Crippen LogP) is 3.45. The van der Waals surface area contributed by atoms with Crippen molar-refractivity contribution < 1.29 is 0 Å². The predicted molar refractivity (Wildman–Crippen MR) is 79.0 cm³/mol. The van der Waals surface area contributed by atoms with Crippen LogP contribution in [0.15, 0.2) is 28.9 Å². The summed E-state index contributed by atoms with van der Waals surface area (Å²) in [5.74, 6) is 0. The lowest BCUT2D eigenvalue weighted by molar-refractivity contribution is 0.711. The third-order valence-corrected chi connectivity index (χ3v) is 3.66. The number of nitrogens with one attached hydrogen (secondary N) is 1. The minimum atomic E-state index is 0.905. The molecular weight excluding hydrogens is 290 g/mol. The van der Waals surface area contributed by atoms with Gasteiger partial charge in [-0.05, 0) is 53.0 Å². The van der Waals surface area contributed by atoms with Gasteiger partial charge in [0.15, 0.2) is 0 Å². The molecule has 0 amide bonds. The van der Waals surface area contributed by atoms with E-state index >= 15 is 0 Å². The van der Waals surface area contributed by atoms with Crippen molar-refractivity contribution in [2.45, 2.75) is 20.3 Å². The van der Waals surface area contributed by atoms with Crippen LogP contribution in [0, 0.1) is 13.8 Å². The van der Waals surface area contributed by atoms with Crippen LogP contribution in [-0.2, 0) is 13.5 Å². The Balaban J connectivity index is 2.01. The summed E-state index contributed by atoms with van der Waals surface area (Å²) >= 11 is 3.61. The highest BCUT2D eigenvalue weighted by atomic mass is 79.9. The Kier molecular flexibility index (Phi) is 4.07. The van der Waals surface area contributed by atoms with Crippen molar-refractivity contribution in [3.8, 4) is 0 Å². The minimum Gasteiger partial charge on any atom is -0.384 e. The van der Waals surface area contributed by atoms with Gasteiger partial charge in [0.1, 0.15) is 0 Å². The number of hydrogen-bond donors (Lipinski definition) is 1. The molecule has 0 atom stereocenters. The molecule has 0 aliphatic rings. The zero-order chi connectivity index (χ0) is 13.1. The van der Waals surface area contributed by atoms with Gasteiger partial charge in [-0.15, -0.1) is 0 Å². The third-order valence-electron chi connectivity index (χ3n) is 3.04. The van der Waals surface area contributed by atoms with Crippen LogP contribution in [0.5, 0.6) is 0 Å². The van der Waals surface area contributed by atoms with E-state index in [1.165, 1.54) is 22.5 Å². The third kappa shape index (κ3) is 2.93. The lowest BCUT2D eigenvalue weighted by atomic mass is 10.1. The topological polar surface area (TPSA) is 29.9 Å². The van der Waals surface area contributed by atoms with Gasteiger partial charge >= 0.3 is 0 Å². The Bertz CT molecular complexity index is 523. The Morgan fingerprint density at radius 3 is 2.72 bits per heavy atom. The molecular formula is C14H18BrN3. The largest absolute Gasteiger partial charge is 0.384 e. The number of hydrogen-bond acceptors (Lipinski definition) is 2. The summed E-state index contributed by atoms with van der Waals surface area (Å²) in [7, 11) is 1.97. The maximum Gasteiger partial charge on any atom is 0.0514 e. The zero-order valence-corrected chi connectivity index (χ0v) is 12.6. The Labute approximate surface area is 116 Å². The maximum absolute atomic E-state index is 4.17. The number of aryl methyl sites for hydroxylation is 3. The van der Waals surface area contributed by atoms with E-state index in [2.05, 4.69) is 58.4 Å². The van der Waals surface area contributed by atoms with Gasteiger partial charge in [0.2, 0.25) is 0 Å². The summed E-state index contributed by atoms with van der Waals surface area (Å²) in [5.41, 5.74) is 4.97. The number of anilines is 1. The Hall–Kier alpha value is -1.29. The molecule has 1 heterocycles. The van der Waals surface area contributed by atoms with Gasteiger partial charge in [-0.1, -0.05) is 6.07 Å². The van der Waals surface area contributed by atoms with Gasteiger partial charge in [0.05, 0.1) is 5.69 Å². The van der Waals surface area contributed by atoms with Crippen molar-refractivity contribution in [1.82, 2.24) is 9.78 Å². The molecule has 0 spiro atoms. The monoisotopic (exact) mass is 307 g/mol. The number of aromatic nitrogens is 2. The fraction of sp³-hybridized carbons (Fsp3) is 0.357. The highest BCUT2D eigenvalue weighted by Crippen LogP contribution is 2.27. The van der Waals surface area contributed by atoms with E-state index in [1.807, 2.05) is 17.9 Å². The standard InChI is InChI=1S/C14H18BrN3/c1-10-8-11(2)14(13(15)9-10)16-6-4-12-5-7-17-18(12)3/h5,7-9,16H,4,6H2,1-3H3. The summed E-state index contributed by atoms with van der Waals surface area (Å²) in [5, 5.41) is 7.65. The van der Waals surface area contributed by atoms with E-state index < -0.39 is 0 Å². The van der Waals surface area contributed by atoms with Crippen molar-refractivity contribution in [3.63, 3.8) is 0 Å². The Morgan fingerprint density at radius 1 is 1.33 bits per heavy atom. The molecule has 2 aromatic rings. The molecule has 0 fully saturated rings. The number of rotatable bonds is 4. The van der Waals surface area contributed by atoms with Crippen LogP contribution in [0.3, 0.4) is 0 Å². The second-order valence-electron chi connectivity index (χ2n) is 4.56. The van der Waals surface area contributed by atoms with Crippen LogP contribution in [0.1, 0.15) is 16.8 Å². The van der Waals surface area contributed by atoms with E-state index in [4.69, 9.17) is 0 Å². The first-order valence-electron chi connectivity index (χ1n) is 6.05. The van der Waals surface area contributed by atoms with Crippen LogP contribution in [0.2, 0.25) is 0 Å². The molecule has 0 saturated heterocycles. The fourth-order valence-electron chi connectivity index (χ4n) is 2.10. The van der Waals surface area contributed by atoms with Crippen molar-refractivity contribution in [2.24, 2.45) is 7.05 Å². The molecule has 0 aliphatic carbocycles. The summed E-state index contributed by atoms with van der Waals surface area (Å²) in [6.45, 7) is 5.14. The molecule has 1 aromatic heterocycles. The number of nitrogens with zero attached hydrogens (tertiary/aromatic N) is 2. The van der Waals surface area contributed by atoms with Gasteiger partial charge in [-0.3, -0.25) is 4.68 Å². The molecule has 1 N–H and O–H groups in total. The van der Waals surface area contributed by atoms with Crippen LogP contribution in [-0.4, -0.2) is 16.3 Å². The molecule has 2 rings (SSSR count). The van der Waals surface area contributed by atoms with Crippen LogP contribution >= 0.6 is 15.9 Å². The number of halogens is 1. The van der Waals surface area contributed by atoms with E-state index in [9.17, 15) is 0 Å². The van der Waals surface area contributed by atoms with Gasteiger partial charge in [0, 0.05) is 36.4 Å². The van der Waals surface area contributed by atoms with Gasteiger partial charge in [0.25, 0.3) is 0 Å². The van der Waals surface area contributed by atoms with E-state index in [1.54, 1.807) is 0 Å². The highest BCUT2D eigenvalue weighted by Gasteiger charge is 2.05. The minimum absolute atomic E-state index is 0.905. The molecule has 0 bridgehead atoms. The van der Waals surface area contributed by atoms with Crippen molar-refractivity contribution in [1.29, 1.82) is 0 Å². The van der Waals surface area contributed by atoms with Crippen molar-refractivity contribution in [2.75, 3.05) is 11.9 Å². The van der Waals surface area contributed by atoms with Gasteiger partial charge < -0.3 is 5.32 Å². The van der Waals surface area contributed by atoms with Crippen molar-refractivity contribution in [3.05, 3.63) is 45.7 Å². The molecule has 0 aliphatic heterocycles. The van der Waals surface area contributed by atoms with Gasteiger partial charge in [-0.2, -0.15) is 5.10 Å². The molecule has 1 aromatic carbocycles. The quantitative estimate of drug-likeness (QED) is 0.937. The molecule has 3 nitrogen and oxygen atoms in total. The first-order chi connectivity index (χ1) is 8.58. The highest BCUT2D eigenvalue weighted by molar-refractivity contribution is 9.10. The lowest BCUT2D eigenvalue weighted by Gasteiger charge is -2.12. The summed E-state index contributed by atoms with van der Waals surface area (Å²) in [4.78, 5) is 0. The fourth-order valence-corrected chi connectivity index (χ4v) is 2.92. The summed E-state index contributed by atoms with van der Waals surface area (Å²) < 4.78 is 3.05. The molecule has 0 saturated carbocycles. The zero-order valence-electron chi connectivity index (χ0n) is 11.0. The first-order valence-corrected chi connectivity index (χ1v) is 6.84. The van der Waals surface area contributed by atoms with E-state index in [-0.39, 0.29) is 0 Å². The maximum atomic E-state index is 4.17.